The number of hydrogen-bond acceptors (Lipinski definition) is 1. The molecule has 0 aromatic heterocycles. The fourth-order valence-electron chi connectivity index (χ4n) is 4.56. The maximum absolute atomic E-state index is 4.10. The summed E-state index contributed by atoms with van der Waals surface area (Å²) in [6, 6.07) is 55.0. The molecular weight excluding hydrogens is 460 g/mol. The van der Waals surface area contributed by atoms with E-state index in [-0.39, 0.29) is 0 Å². The zero-order chi connectivity index (χ0) is 23.8. The molecule has 0 unspecified atom stereocenters. The second kappa shape index (κ2) is 11.5. The van der Waals surface area contributed by atoms with Gasteiger partial charge in [0.15, 0.2) is 7.41 Å². The van der Waals surface area contributed by atoms with Crippen LogP contribution in [-0.4, -0.2) is 12.3 Å². The monoisotopic (exact) mass is 490 g/mol. The van der Waals surface area contributed by atoms with Crippen LogP contribution in [0.25, 0.3) is 0 Å². The van der Waals surface area contributed by atoms with Crippen molar-refractivity contribution < 1.29 is 0 Å². The zero-order valence-electron chi connectivity index (χ0n) is 19.7. The first-order valence-electron chi connectivity index (χ1n) is 12.1. The number of nitrogens with one attached hydrogen (secondary N) is 1. The Hall–Kier alpha value is -3.24. The molecule has 0 heterocycles. The molecule has 0 aliphatic rings. The molecule has 0 radical (unpaired) electrons. The zero-order valence-corrected chi connectivity index (χ0v) is 21.5. The molecule has 5 rings (SSSR count). The summed E-state index contributed by atoms with van der Waals surface area (Å²) in [5, 5.41) is 9.77. The second-order valence-corrected chi connectivity index (χ2v) is 14.2. The Morgan fingerprint density at radius 3 is 1.26 bits per heavy atom. The molecule has 0 aliphatic carbocycles. The lowest BCUT2D eigenvalue weighted by atomic mass is 10.3. The number of benzene rings is 5. The van der Waals surface area contributed by atoms with Crippen molar-refractivity contribution in [3.63, 3.8) is 0 Å². The van der Waals surface area contributed by atoms with E-state index in [1.165, 1.54) is 26.9 Å². The van der Waals surface area contributed by atoms with E-state index in [9.17, 15) is 0 Å². The first-order chi connectivity index (χ1) is 17.4. The largest absolute Gasteiger partial charge is 0.251 e. The molecule has 5 aromatic rings. The van der Waals surface area contributed by atoms with Crippen LogP contribution < -0.4 is 26.3 Å². The summed E-state index contributed by atoms with van der Waals surface area (Å²) in [6.07, 6.45) is 2.19. The summed E-state index contributed by atoms with van der Waals surface area (Å²) >= 11 is 0. The topological polar surface area (TPSA) is 12.0 Å². The SMILES string of the molecule is c1ccc(N[P+](CCP(c2ccccc2)c2ccccc2)(c2ccccc2)c2ccccc2)cc1. The molecule has 0 atom stereocenters. The standard InChI is InChI=1S/C32H30NP2/c1-6-16-28(17-7-1)33-35(31-22-12-4-13-23-31,32-24-14-5-15-25-32)27-26-34(29-18-8-2-9-19-29)30-20-10-3-11-21-30/h1-25,33H,26-27H2/q+1. The molecule has 3 heteroatoms. The van der Waals surface area contributed by atoms with E-state index in [1.807, 2.05) is 0 Å². The van der Waals surface area contributed by atoms with Crippen LogP contribution in [-0.2, 0) is 0 Å². The summed E-state index contributed by atoms with van der Waals surface area (Å²) in [4.78, 5) is 0. The molecule has 0 saturated heterocycles. The van der Waals surface area contributed by atoms with Gasteiger partial charge in [-0.25, -0.2) is 0 Å². The van der Waals surface area contributed by atoms with E-state index >= 15 is 0 Å². The maximum atomic E-state index is 4.10. The van der Waals surface area contributed by atoms with Gasteiger partial charge in [0, 0.05) is 6.16 Å². The lowest BCUT2D eigenvalue weighted by Gasteiger charge is -2.30. The van der Waals surface area contributed by atoms with E-state index in [4.69, 9.17) is 0 Å². The Morgan fingerprint density at radius 1 is 0.457 bits per heavy atom. The molecule has 1 N–H and O–H groups in total. The Balaban J connectivity index is 1.61. The predicted octanol–water partition coefficient (Wildman–Crippen LogP) is 6.82. The molecule has 0 bridgehead atoms. The third kappa shape index (κ3) is 5.54. The minimum absolute atomic E-state index is 0.483. The number of rotatable bonds is 9. The maximum Gasteiger partial charge on any atom is 0.167 e. The molecule has 0 aliphatic heterocycles. The Morgan fingerprint density at radius 2 is 0.829 bits per heavy atom. The van der Waals surface area contributed by atoms with Gasteiger partial charge in [0.25, 0.3) is 0 Å². The van der Waals surface area contributed by atoms with Crippen LogP contribution >= 0.6 is 15.3 Å². The van der Waals surface area contributed by atoms with Gasteiger partial charge in [-0.1, -0.05) is 115 Å². The molecular formula is C32H30NP2+. The summed E-state index contributed by atoms with van der Waals surface area (Å²) in [5.41, 5.74) is 1.18. The van der Waals surface area contributed by atoms with Gasteiger partial charge in [-0.3, -0.25) is 5.09 Å². The van der Waals surface area contributed by atoms with Crippen LogP contribution in [0.1, 0.15) is 0 Å². The molecule has 0 fully saturated rings. The molecule has 0 amide bonds. The van der Waals surface area contributed by atoms with E-state index in [0.717, 1.165) is 12.3 Å². The van der Waals surface area contributed by atoms with Crippen molar-refractivity contribution in [3.8, 4) is 0 Å². The van der Waals surface area contributed by atoms with Crippen LogP contribution in [0.4, 0.5) is 5.69 Å². The Bertz CT molecular complexity index is 1220. The molecule has 35 heavy (non-hydrogen) atoms. The van der Waals surface area contributed by atoms with Crippen molar-refractivity contribution in [3.05, 3.63) is 152 Å². The van der Waals surface area contributed by atoms with Crippen LogP contribution in [0.15, 0.2) is 152 Å². The van der Waals surface area contributed by atoms with Gasteiger partial charge in [0.1, 0.15) is 10.6 Å². The summed E-state index contributed by atoms with van der Waals surface area (Å²) in [6.45, 7) is 0. The van der Waals surface area contributed by atoms with Gasteiger partial charge in [0.2, 0.25) is 0 Å². The highest BCUT2D eigenvalue weighted by Crippen LogP contribution is 2.57. The minimum Gasteiger partial charge on any atom is -0.251 e. The molecule has 0 spiro atoms. The van der Waals surface area contributed by atoms with Crippen molar-refractivity contribution in [2.24, 2.45) is 0 Å². The van der Waals surface area contributed by atoms with Crippen LogP contribution in [0, 0.1) is 0 Å². The van der Waals surface area contributed by atoms with Gasteiger partial charge in [0.05, 0.1) is 11.8 Å². The van der Waals surface area contributed by atoms with Crippen molar-refractivity contribution in [2.75, 3.05) is 17.4 Å². The van der Waals surface area contributed by atoms with Gasteiger partial charge >= 0.3 is 0 Å². The highest BCUT2D eigenvalue weighted by atomic mass is 31.2. The average molecular weight is 491 g/mol. The van der Waals surface area contributed by atoms with Gasteiger partial charge < -0.3 is 0 Å². The van der Waals surface area contributed by atoms with E-state index in [0.29, 0.717) is 0 Å². The second-order valence-electron chi connectivity index (χ2n) is 8.51. The normalized spacial score (nSPS) is 11.3. The summed E-state index contributed by atoms with van der Waals surface area (Å²) in [5.74, 6) is 0. The number of para-hydroxylation sites is 1. The van der Waals surface area contributed by atoms with Gasteiger partial charge in [-0.05, 0) is 54.9 Å². The molecule has 1 nitrogen and oxygen atoms in total. The van der Waals surface area contributed by atoms with Gasteiger partial charge in [-0.2, -0.15) is 0 Å². The predicted molar refractivity (Wildman–Crippen MR) is 158 cm³/mol. The van der Waals surface area contributed by atoms with Crippen molar-refractivity contribution >= 4 is 42.2 Å². The van der Waals surface area contributed by atoms with E-state index < -0.39 is 15.3 Å². The highest BCUT2D eigenvalue weighted by Gasteiger charge is 2.43. The summed E-state index contributed by atoms with van der Waals surface area (Å²) in [7, 11) is -2.43. The van der Waals surface area contributed by atoms with Crippen molar-refractivity contribution in [2.45, 2.75) is 0 Å². The van der Waals surface area contributed by atoms with Crippen LogP contribution in [0.3, 0.4) is 0 Å². The third-order valence-corrected chi connectivity index (χ3v) is 13.0. The molecule has 172 valence electrons. The van der Waals surface area contributed by atoms with Gasteiger partial charge in [-0.15, -0.1) is 0 Å². The number of hydrogen-bond donors (Lipinski definition) is 1. The first-order valence-corrected chi connectivity index (χ1v) is 15.6. The lowest BCUT2D eigenvalue weighted by molar-refractivity contribution is 1.47. The highest BCUT2D eigenvalue weighted by molar-refractivity contribution is 7.91. The van der Waals surface area contributed by atoms with E-state index in [1.54, 1.807) is 0 Å². The van der Waals surface area contributed by atoms with E-state index in [2.05, 4.69) is 157 Å². The average Bonchev–Trinajstić information content (AvgIpc) is 2.95. The minimum atomic E-state index is -1.95. The molecule has 5 aromatic carbocycles. The van der Waals surface area contributed by atoms with Crippen molar-refractivity contribution in [1.29, 1.82) is 0 Å². The quantitative estimate of drug-likeness (QED) is 0.224. The first kappa shape index (κ1) is 23.5. The number of anilines is 1. The van der Waals surface area contributed by atoms with Crippen LogP contribution in [0.5, 0.6) is 0 Å². The van der Waals surface area contributed by atoms with Crippen LogP contribution in [0.2, 0.25) is 0 Å². The fourth-order valence-corrected chi connectivity index (χ4v) is 11.6. The molecule has 0 saturated carbocycles. The Labute approximate surface area is 211 Å². The van der Waals surface area contributed by atoms with Crippen molar-refractivity contribution in [1.82, 2.24) is 0 Å². The summed E-state index contributed by atoms with van der Waals surface area (Å²) < 4.78 is 0. The lowest BCUT2D eigenvalue weighted by Crippen LogP contribution is -2.32. The fraction of sp³-hybridized carbons (Fsp3) is 0.0625. The third-order valence-electron chi connectivity index (χ3n) is 6.28. The smallest absolute Gasteiger partial charge is 0.167 e. The Kier molecular flexibility index (Phi) is 7.69.